The van der Waals surface area contributed by atoms with Gasteiger partial charge in [0.05, 0.1) is 0 Å². The second-order valence-corrected chi connectivity index (χ2v) is 4.53. The maximum atomic E-state index is 12.2. The zero-order valence-electron chi connectivity index (χ0n) is 10.6. The summed E-state index contributed by atoms with van der Waals surface area (Å²) in [6.07, 6.45) is -0.454. The van der Waals surface area contributed by atoms with Crippen LogP contribution in [0.1, 0.15) is 12.8 Å². The maximum Gasteiger partial charge on any atom is 0.405 e. The fourth-order valence-electron chi connectivity index (χ4n) is 2.27. The lowest BCUT2D eigenvalue weighted by molar-refractivity contribution is -0.145. The number of piperidine rings is 1. The summed E-state index contributed by atoms with van der Waals surface area (Å²) in [6, 6.07) is 1.65. The van der Waals surface area contributed by atoms with Crippen molar-refractivity contribution in [2.75, 3.05) is 19.6 Å². The summed E-state index contributed by atoms with van der Waals surface area (Å²) in [6.45, 7) is -0.180. The van der Waals surface area contributed by atoms with Gasteiger partial charge in [-0.05, 0) is 32.0 Å². The molecular formula is C11H16ClF3N4O. The van der Waals surface area contributed by atoms with Crippen LogP contribution in [0.15, 0.2) is 18.5 Å². The van der Waals surface area contributed by atoms with Crippen LogP contribution < -0.4 is 10.6 Å². The second kappa shape index (κ2) is 6.45. The molecule has 1 aromatic heterocycles. The van der Waals surface area contributed by atoms with Gasteiger partial charge in [-0.3, -0.25) is 9.48 Å². The Bertz CT molecular complexity index is 429. The molecule has 20 heavy (non-hydrogen) atoms. The topological polar surface area (TPSA) is 59.0 Å². The lowest BCUT2D eigenvalue weighted by Crippen LogP contribution is -2.55. The molecule has 2 heterocycles. The normalized spacial score (nSPS) is 18.1. The third-order valence-electron chi connectivity index (χ3n) is 3.25. The molecule has 1 aliphatic rings. The van der Waals surface area contributed by atoms with E-state index in [9.17, 15) is 18.0 Å². The van der Waals surface area contributed by atoms with Gasteiger partial charge in [-0.15, -0.1) is 12.4 Å². The monoisotopic (exact) mass is 312 g/mol. The largest absolute Gasteiger partial charge is 0.405 e. The van der Waals surface area contributed by atoms with Crippen molar-refractivity contribution in [1.82, 2.24) is 20.4 Å². The van der Waals surface area contributed by atoms with Crippen molar-refractivity contribution in [3.63, 3.8) is 0 Å². The van der Waals surface area contributed by atoms with Crippen molar-refractivity contribution >= 4 is 18.3 Å². The van der Waals surface area contributed by atoms with Gasteiger partial charge in [-0.25, -0.2) is 0 Å². The number of aromatic nitrogens is 2. The van der Waals surface area contributed by atoms with Crippen molar-refractivity contribution in [2.45, 2.75) is 24.6 Å². The van der Waals surface area contributed by atoms with Gasteiger partial charge in [-0.1, -0.05) is 0 Å². The van der Waals surface area contributed by atoms with Crippen LogP contribution in [0, 0.1) is 0 Å². The summed E-state index contributed by atoms with van der Waals surface area (Å²) in [4.78, 5) is 12.2. The summed E-state index contributed by atoms with van der Waals surface area (Å²) < 4.78 is 38.1. The molecule has 0 unspecified atom stereocenters. The molecule has 2 rings (SSSR count). The van der Waals surface area contributed by atoms with Gasteiger partial charge in [0.25, 0.3) is 0 Å². The van der Waals surface area contributed by atoms with E-state index in [1.165, 1.54) is 10.9 Å². The van der Waals surface area contributed by atoms with Crippen molar-refractivity contribution in [1.29, 1.82) is 0 Å². The Labute approximate surface area is 120 Å². The number of hydrogen-bond donors (Lipinski definition) is 2. The fourth-order valence-corrected chi connectivity index (χ4v) is 2.27. The first kappa shape index (κ1) is 16.8. The molecule has 0 radical (unpaired) electrons. The Morgan fingerprint density at radius 3 is 2.55 bits per heavy atom. The van der Waals surface area contributed by atoms with Gasteiger partial charge in [-0.2, -0.15) is 18.3 Å². The summed E-state index contributed by atoms with van der Waals surface area (Å²) in [7, 11) is 0. The zero-order valence-corrected chi connectivity index (χ0v) is 11.4. The minimum Gasteiger partial charge on any atom is -0.345 e. The molecule has 114 valence electrons. The minimum absolute atomic E-state index is 0. The van der Waals surface area contributed by atoms with Crippen molar-refractivity contribution in [3.05, 3.63) is 18.5 Å². The fraction of sp³-hybridized carbons (Fsp3) is 0.636. The van der Waals surface area contributed by atoms with Crippen LogP contribution in [-0.4, -0.2) is 41.5 Å². The molecule has 0 aromatic carbocycles. The highest BCUT2D eigenvalue weighted by Gasteiger charge is 2.43. The highest BCUT2D eigenvalue weighted by Crippen LogP contribution is 2.27. The number of nitrogens with one attached hydrogen (secondary N) is 2. The van der Waals surface area contributed by atoms with Crippen molar-refractivity contribution < 1.29 is 18.0 Å². The van der Waals surface area contributed by atoms with Gasteiger partial charge in [0, 0.05) is 12.4 Å². The van der Waals surface area contributed by atoms with Crippen LogP contribution in [0.3, 0.4) is 0 Å². The number of carbonyl (C=O) groups excluding carboxylic acids is 1. The lowest BCUT2D eigenvalue weighted by Gasteiger charge is -2.36. The Morgan fingerprint density at radius 1 is 1.40 bits per heavy atom. The molecule has 0 atom stereocenters. The molecule has 1 aliphatic heterocycles. The number of hydrogen-bond acceptors (Lipinski definition) is 3. The third-order valence-corrected chi connectivity index (χ3v) is 3.25. The first-order chi connectivity index (χ1) is 8.94. The average Bonchev–Trinajstić information content (AvgIpc) is 2.90. The van der Waals surface area contributed by atoms with Crippen LogP contribution >= 0.6 is 12.4 Å². The third kappa shape index (κ3) is 3.63. The van der Waals surface area contributed by atoms with Crippen LogP contribution in [0.4, 0.5) is 13.2 Å². The number of amides is 1. The van der Waals surface area contributed by atoms with E-state index in [0.717, 1.165) is 0 Å². The molecule has 0 saturated carbocycles. The smallest absolute Gasteiger partial charge is 0.345 e. The molecule has 9 heteroatoms. The Kier molecular flexibility index (Phi) is 5.41. The molecule has 1 aromatic rings. The van der Waals surface area contributed by atoms with Gasteiger partial charge < -0.3 is 10.6 Å². The van der Waals surface area contributed by atoms with Crippen LogP contribution in [0.25, 0.3) is 0 Å². The Hall–Kier alpha value is -1.28. The molecule has 0 spiro atoms. The van der Waals surface area contributed by atoms with E-state index < -0.39 is 24.2 Å². The van der Waals surface area contributed by atoms with E-state index in [2.05, 4.69) is 10.4 Å². The van der Waals surface area contributed by atoms with Crippen molar-refractivity contribution in [2.24, 2.45) is 0 Å². The van der Waals surface area contributed by atoms with E-state index in [4.69, 9.17) is 0 Å². The molecule has 2 N–H and O–H groups in total. The molecule has 1 amide bonds. The predicted octanol–water partition coefficient (Wildman–Crippen LogP) is 1.06. The first-order valence-electron chi connectivity index (χ1n) is 6.00. The SMILES string of the molecule is Cl.O=C(NCC(F)(F)F)C1(n2cccn2)CCNCC1. The highest BCUT2D eigenvalue weighted by molar-refractivity contribution is 5.85. The number of rotatable bonds is 3. The summed E-state index contributed by atoms with van der Waals surface area (Å²) in [5, 5.41) is 9.08. The van der Waals surface area contributed by atoms with E-state index in [0.29, 0.717) is 25.9 Å². The van der Waals surface area contributed by atoms with Crippen LogP contribution in [0.2, 0.25) is 0 Å². The van der Waals surface area contributed by atoms with Gasteiger partial charge in [0.1, 0.15) is 12.1 Å². The Morgan fingerprint density at radius 2 is 2.05 bits per heavy atom. The molecular weight excluding hydrogens is 297 g/mol. The van der Waals surface area contributed by atoms with E-state index in [1.54, 1.807) is 12.3 Å². The van der Waals surface area contributed by atoms with Gasteiger partial charge >= 0.3 is 6.18 Å². The van der Waals surface area contributed by atoms with E-state index >= 15 is 0 Å². The lowest BCUT2D eigenvalue weighted by atomic mass is 9.87. The predicted molar refractivity (Wildman–Crippen MR) is 68.6 cm³/mol. The average molecular weight is 313 g/mol. The van der Waals surface area contributed by atoms with E-state index in [1.807, 2.05) is 5.32 Å². The standard InChI is InChI=1S/C11H15F3N4O.ClH/c12-11(13,14)8-16-9(19)10(2-5-15-6-3-10)18-7-1-4-17-18;/h1,4,7,15H,2-3,5-6,8H2,(H,16,19);1H. The summed E-state index contributed by atoms with van der Waals surface area (Å²) in [5.41, 5.74) is -1.03. The molecule has 5 nitrogen and oxygen atoms in total. The maximum absolute atomic E-state index is 12.2. The zero-order chi connectivity index (χ0) is 13.9. The van der Waals surface area contributed by atoms with Gasteiger partial charge in [0.2, 0.25) is 5.91 Å². The second-order valence-electron chi connectivity index (χ2n) is 4.53. The molecule has 0 aliphatic carbocycles. The van der Waals surface area contributed by atoms with Crippen molar-refractivity contribution in [3.8, 4) is 0 Å². The summed E-state index contributed by atoms with van der Waals surface area (Å²) >= 11 is 0. The molecule has 0 bridgehead atoms. The van der Waals surface area contributed by atoms with Crippen LogP contribution in [-0.2, 0) is 10.3 Å². The quantitative estimate of drug-likeness (QED) is 0.877. The number of alkyl halides is 3. The van der Waals surface area contributed by atoms with Crippen LogP contribution in [0.5, 0.6) is 0 Å². The van der Waals surface area contributed by atoms with E-state index in [-0.39, 0.29) is 12.4 Å². The molecule has 1 fully saturated rings. The number of halogens is 4. The first-order valence-corrected chi connectivity index (χ1v) is 6.00. The number of nitrogens with zero attached hydrogens (tertiary/aromatic N) is 2. The Balaban J connectivity index is 0.00000200. The molecule has 1 saturated heterocycles. The summed E-state index contributed by atoms with van der Waals surface area (Å²) in [5.74, 6) is -0.630. The number of carbonyl (C=O) groups is 1. The highest BCUT2D eigenvalue weighted by atomic mass is 35.5. The van der Waals surface area contributed by atoms with Gasteiger partial charge in [0.15, 0.2) is 0 Å². The minimum atomic E-state index is -4.41.